The number of aromatic nitrogens is 3. The SMILES string of the molecule is [C-]#[N+]c1c(-n2c3cc(-c4ccccc4)ccc3c3ccc(-c4ccccc4)cc32)c(C#N)c(-n2c3cc(-c4ccccc4)ccc3c3ccc(-c4ccccc4)cc32)c(C#N)c1-n1c2cc(C(C)(C)C)ccc2c2ccc(C(C)(C)C)cc21. The Morgan fingerprint density at radius 3 is 0.819 bits per heavy atom. The Labute approximate surface area is 483 Å². The number of fused-ring (bicyclic) bond motifs is 9. The first kappa shape index (κ1) is 50.5. The largest absolute Gasteiger partial charge is 0.317 e. The van der Waals surface area contributed by atoms with Gasteiger partial charge in [-0.1, -0.05) is 236 Å². The van der Waals surface area contributed by atoms with E-state index in [1.807, 2.05) is 72.8 Å². The zero-order chi connectivity index (χ0) is 56.9. The molecule has 83 heavy (non-hydrogen) atoms. The molecule has 0 saturated carbocycles. The zero-order valence-electron chi connectivity index (χ0n) is 47.1. The second-order valence-corrected chi connectivity index (χ2v) is 23.8. The predicted octanol–water partition coefficient (Wildman–Crippen LogP) is 20.5. The van der Waals surface area contributed by atoms with E-state index in [2.05, 4.69) is 230 Å². The minimum atomic E-state index is -0.250. The van der Waals surface area contributed by atoms with Gasteiger partial charge < -0.3 is 13.7 Å². The van der Waals surface area contributed by atoms with Crippen molar-refractivity contribution in [3.8, 4) is 73.7 Å². The molecule has 0 aliphatic heterocycles. The Morgan fingerprint density at radius 1 is 0.313 bits per heavy atom. The Kier molecular flexibility index (Phi) is 11.7. The third kappa shape index (κ3) is 8.12. The molecule has 0 aliphatic rings. The van der Waals surface area contributed by atoms with Crippen LogP contribution in [0.5, 0.6) is 0 Å². The highest BCUT2D eigenvalue weighted by molar-refractivity contribution is 6.16. The molecule has 0 atom stereocenters. The van der Waals surface area contributed by atoms with Gasteiger partial charge >= 0.3 is 0 Å². The molecule has 0 unspecified atom stereocenters. The van der Waals surface area contributed by atoms with Gasteiger partial charge in [-0.3, -0.25) is 0 Å². The summed E-state index contributed by atoms with van der Waals surface area (Å²) in [7, 11) is 0. The van der Waals surface area contributed by atoms with E-state index in [1.165, 1.54) is 0 Å². The van der Waals surface area contributed by atoms with Gasteiger partial charge in [-0.2, -0.15) is 10.5 Å². The average Bonchev–Trinajstić information content (AvgIpc) is 4.34. The first-order chi connectivity index (χ1) is 40.3. The number of nitrogens with zero attached hydrogens (tertiary/aromatic N) is 6. The molecule has 0 saturated heterocycles. The normalized spacial score (nSPS) is 11.9. The lowest BCUT2D eigenvalue weighted by molar-refractivity contribution is 0.591. The molecule has 0 aliphatic carbocycles. The lowest BCUT2D eigenvalue weighted by atomic mass is 9.86. The van der Waals surface area contributed by atoms with Crippen molar-refractivity contribution in [2.24, 2.45) is 0 Å². The van der Waals surface area contributed by atoms with Gasteiger partial charge in [-0.05, 0) is 103 Å². The topological polar surface area (TPSA) is 66.7 Å². The maximum atomic E-state index is 12.6. The number of benzene rings is 11. The smallest absolute Gasteiger partial charge is 0.236 e. The summed E-state index contributed by atoms with van der Waals surface area (Å²) >= 11 is 0. The molecule has 0 radical (unpaired) electrons. The van der Waals surface area contributed by atoms with Gasteiger partial charge in [0.05, 0.1) is 67.9 Å². The van der Waals surface area contributed by atoms with Crippen LogP contribution in [-0.2, 0) is 10.8 Å². The van der Waals surface area contributed by atoms with Gasteiger partial charge in [0.15, 0.2) is 0 Å². The first-order valence-corrected chi connectivity index (χ1v) is 28.2. The van der Waals surface area contributed by atoms with Gasteiger partial charge in [0.1, 0.15) is 12.1 Å². The van der Waals surface area contributed by atoms with E-state index < -0.39 is 0 Å². The summed E-state index contributed by atoms with van der Waals surface area (Å²) in [6.07, 6.45) is 0. The summed E-state index contributed by atoms with van der Waals surface area (Å²) in [6, 6.07) is 86.4. The summed E-state index contributed by atoms with van der Waals surface area (Å²) in [5.74, 6) is 0. The van der Waals surface area contributed by atoms with E-state index in [9.17, 15) is 17.1 Å². The third-order valence-corrected chi connectivity index (χ3v) is 16.9. The molecule has 3 heterocycles. The number of hydrogen-bond acceptors (Lipinski definition) is 2. The zero-order valence-corrected chi connectivity index (χ0v) is 47.1. The van der Waals surface area contributed by atoms with Crippen LogP contribution in [0.1, 0.15) is 63.8 Å². The Balaban J connectivity index is 1.25. The van der Waals surface area contributed by atoms with E-state index >= 15 is 0 Å². The number of rotatable bonds is 7. The lowest BCUT2D eigenvalue weighted by Gasteiger charge is -2.25. The summed E-state index contributed by atoms with van der Waals surface area (Å²) in [5.41, 5.74) is 16.6. The maximum Gasteiger partial charge on any atom is 0.236 e. The van der Waals surface area contributed by atoms with Crippen molar-refractivity contribution in [2.75, 3.05) is 0 Å². The molecule has 0 spiro atoms. The molecule has 394 valence electrons. The van der Waals surface area contributed by atoms with E-state index in [0.717, 1.165) is 121 Å². The number of hydrogen-bond donors (Lipinski definition) is 0. The van der Waals surface area contributed by atoms with Crippen LogP contribution < -0.4 is 0 Å². The third-order valence-electron chi connectivity index (χ3n) is 16.9. The second-order valence-electron chi connectivity index (χ2n) is 23.8. The molecular weight excluding hydrogens is 1010 g/mol. The molecule has 14 rings (SSSR count). The molecule has 6 heteroatoms. The van der Waals surface area contributed by atoms with Crippen LogP contribution in [0.2, 0.25) is 0 Å². The molecule has 0 amide bonds. The van der Waals surface area contributed by atoms with Gasteiger partial charge in [0, 0.05) is 32.3 Å². The fraction of sp³-hybridized carbons (Fsp3) is 0.104. The van der Waals surface area contributed by atoms with Crippen LogP contribution in [-0.4, -0.2) is 13.7 Å². The van der Waals surface area contributed by atoms with Crippen LogP contribution in [0.4, 0.5) is 5.69 Å². The van der Waals surface area contributed by atoms with Crippen molar-refractivity contribution in [3.05, 3.63) is 264 Å². The minimum Gasteiger partial charge on any atom is -0.317 e. The van der Waals surface area contributed by atoms with E-state index in [0.29, 0.717) is 17.1 Å². The molecule has 11 aromatic carbocycles. The Bertz CT molecular complexity index is 4590. The maximum absolute atomic E-state index is 12.6. The molecule has 3 aromatic heterocycles. The van der Waals surface area contributed by atoms with Gasteiger partial charge in [0.2, 0.25) is 5.69 Å². The van der Waals surface area contributed by atoms with Crippen molar-refractivity contribution >= 4 is 71.1 Å². The summed E-state index contributed by atoms with van der Waals surface area (Å²) in [4.78, 5) is 4.68. The number of nitriles is 2. The quantitative estimate of drug-likeness (QED) is 0.149. The summed E-state index contributed by atoms with van der Waals surface area (Å²) in [6.45, 7) is 23.1. The van der Waals surface area contributed by atoms with Crippen LogP contribution >= 0.6 is 0 Å². The monoisotopic (exact) mass is 1060 g/mol. The molecule has 0 fully saturated rings. The summed E-state index contributed by atoms with van der Waals surface area (Å²) < 4.78 is 6.51. The van der Waals surface area contributed by atoms with E-state index in [4.69, 9.17) is 0 Å². The van der Waals surface area contributed by atoms with E-state index in [-0.39, 0.29) is 27.6 Å². The predicted molar refractivity (Wildman–Crippen MR) is 344 cm³/mol. The van der Waals surface area contributed by atoms with Crippen LogP contribution in [0, 0.1) is 29.2 Å². The minimum absolute atomic E-state index is 0.188. The molecule has 14 aromatic rings. The van der Waals surface area contributed by atoms with Crippen molar-refractivity contribution in [3.63, 3.8) is 0 Å². The highest BCUT2D eigenvalue weighted by atomic mass is 15.1. The van der Waals surface area contributed by atoms with Crippen LogP contribution in [0.25, 0.3) is 132 Å². The lowest BCUT2D eigenvalue weighted by Crippen LogP contribution is -2.13. The molecule has 6 nitrogen and oxygen atoms in total. The molecular formula is C77H56N6. The van der Waals surface area contributed by atoms with Crippen LogP contribution in [0.15, 0.2) is 231 Å². The summed E-state index contributed by atoms with van der Waals surface area (Å²) in [5, 5.41) is 31.0. The van der Waals surface area contributed by atoms with Crippen molar-refractivity contribution in [2.45, 2.75) is 52.4 Å². The Hall–Kier alpha value is -10.7. The molecule has 0 bridgehead atoms. The van der Waals surface area contributed by atoms with E-state index in [1.54, 1.807) is 0 Å². The first-order valence-electron chi connectivity index (χ1n) is 28.2. The second kappa shape index (κ2) is 19.2. The highest BCUT2D eigenvalue weighted by Gasteiger charge is 2.34. The fourth-order valence-electron chi connectivity index (χ4n) is 12.6. The van der Waals surface area contributed by atoms with Gasteiger partial charge in [0.25, 0.3) is 0 Å². The average molecular weight is 1070 g/mol. The van der Waals surface area contributed by atoms with Crippen LogP contribution in [0.3, 0.4) is 0 Å². The van der Waals surface area contributed by atoms with Gasteiger partial charge in [-0.25, -0.2) is 4.85 Å². The van der Waals surface area contributed by atoms with Crippen molar-refractivity contribution in [1.29, 1.82) is 10.5 Å². The van der Waals surface area contributed by atoms with Crippen molar-refractivity contribution < 1.29 is 0 Å². The molecule has 0 N–H and O–H groups in total. The Morgan fingerprint density at radius 2 is 0.566 bits per heavy atom. The highest BCUT2D eigenvalue weighted by Crippen LogP contribution is 2.51. The fourth-order valence-corrected chi connectivity index (χ4v) is 12.6. The van der Waals surface area contributed by atoms with Gasteiger partial charge in [-0.15, -0.1) is 0 Å². The standard InChI is InChI=1S/C77H56N6/c1-76(2,3)56-32-38-62-63-39-33-57(77(4,5)6)45-71(63)83(70(62)44-56)75-65(47-79)73(81-66-40-52(48-20-12-8-13-21-48)28-34-58(66)59-35-29-53(41-67(59)81)49-22-14-9-15-23-49)64(46-78)74(72(75)80-7)82-68-42-54(50-24-16-10-17-25-50)30-36-60(68)61-37-31-55(43-69(61)82)51-26-18-11-19-27-51/h8-45H,1-6H3. The van der Waals surface area contributed by atoms with Crippen molar-refractivity contribution in [1.82, 2.24) is 13.7 Å².